The number of carbonyl (C=O) groups is 1. The minimum atomic E-state index is -0.800. The first kappa shape index (κ1) is 20.5. The average molecular weight is 318 g/mol. The summed E-state index contributed by atoms with van der Waals surface area (Å²) in [6.45, 7) is 2.23. The van der Waals surface area contributed by atoms with Crippen molar-refractivity contribution in [3.05, 3.63) is 0 Å². The molecule has 0 aliphatic heterocycles. The molecule has 0 atom stereocenters. The highest BCUT2D eigenvalue weighted by Crippen LogP contribution is 2.06. The van der Waals surface area contributed by atoms with Crippen LogP contribution in [0, 0.1) is 35.5 Å². The van der Waals surface area contributed by atoms with Crippen molar-refractivity contribution in [3.63, 3.8) is 0 Å². The van der Waals surface area contributed by atoms with E-state index >= 15 is 0 Å². The first-order chi connectivity index (χ1) is 10.8. The predicted octanol–water partition coefficient (Wildman–Crippen LogP) is 4.35. The molecule has 0 rings (SSSR count). The summed E-state index contributed by atoms with van der Waals surface area (Å²) in [6.07, 6.45) is 9.95. The summed E-state index contributed by atoms with van der Waals surface area (Å²) in [4.78, 5) is 10.3. The Bertz CT molecular complexity index is 463. The van der Waals surface area contributed by atoms with E-state index in [9.17, 15) is 4.79 Å². The molecule has 22 heavy (non-hydrogen) atoms. The Balaban J connectivity index is 3.43. The largest absolute Gasteiger partial charge is 0.481 e. The van der Waals surface area contributed by atoms with Gasteiger partial charge in [-0.25, -0.2) is 0 Å². The molecule has 0 unspecified atom stereocenters. The Morgan fingerprint density at radius 3 is 2.14 bits per heavy atom. The van der Waals surface area contributed by atoms with Gasteiger partial charge in [0.15, 0.2) is 0 Å². The van der Waals surface area contributed by atoms with Gasteiger partial charge in [-0.1, -0.05) is 68.6 Å². The first-order valence-electron chi connectivity index (χ1n) is 7.94. The molecule has 1 N–H and O–H groups in total. The summed E-state index contributed by atoms with van der Waals surface area (Å²) in [5.41, 5.74) is 0. The van der Waals surface area contributed by atoms with Crippen molar-refractivity contribution in [2.24, 2.45) is 0 Å². The Labute approximate surface area is 139 Å². The first-order valence-corrected chi connectivity index (χ1v) is 9.09. The van der Waals surface area contributed by atoms with Crippen LogP contribution in [0.1, 0.15) is 64.7 Å². The van der Waals surface area contributed by atoms with Crippen LogP contribution in [0.2, 0.25) is 0 Å². The molecule has 0 aliphatic carbocycles. The molecule has 0 aromatic heterocycles. The molecule has 120 valence electrons. The number of rotatable bonds is 9. The highest BCUT2D eigenvalue weighted by atomic mass is 32.2. The van der Waals surface area contributed by atoms with Crippen LogP contribution in [-0.4, -0.2) is 22.6 Å². The number of hydrogen-bond acceptors (Lipinski definition) is 2. The monoisotopic (exact) mass is 318 g/mol. The van der Waals surface area contributed by atoms with Crippen molar-refractivity contribution in [2.75, 3.05) is 11.5 Å². The molecule has 0 aromatic rings. The maximum absolute atomic E-state index is 10.3. The van der Waals surface area contributed by atoms with Gasteiger partial charge in [0.25, 0.3) is 0 Å². The minimum absolute atomic E-state index is 0.106. The topological polar surface area (TPSA) is 37.3 Å². The fraction of sp³-hybridized carbons (Fsp3) is 0.632. The van der Waals surface area contributed by atoms with Gasteiger partial charge in [0.2, 0.25) is 0 Å². The minimum Gasteiger partial charge on any atom is -0.481 e. The van der Waals surface area contributed by atoms with Crippen LogP contribution in [0.4, 0.5) is 0 Å². The molecule has 0 saturated carbocycles. The number of unbranched alkanes of at least 4 members (excludes halogenated alkanes) is 6. The molecule has 0 aromatic carbocycles. The number of carboxylic acids is 1. The zero-order valence-electron chi connectivity index (χ0n) is 13.5. The molecule has 0 radical (unpaired) electrons. The van der Waals surface area contributed by atoms with Crippen LogP contribution in [0.25, 0.3) is 0 Å². The van der Waals surface area contributed by atoms with E-state index < -0.39 is 5.97 Å². The molecule has 0 fully saturated rings. The van der Waals surface area contributed by atoms with Gasteiger partial charge in [-0.3, -0.25) is 4.79 Å². The summed E-state index contributed by atoms with van der Waals surface area (Å²) in [5, 5.41) is 8.43. The van der Waals surface area contributed by atoms with Crippen LogP contribution < -0.4 is 0 Å². The normalized spacial score (nSPS) is 8.77. The zero-order valence-corrected chi connectivity index (χ0v) is 14.4. The van der Waals surface area contributed by atoms with E-state index in [2.05, 4.69) is 42.4 Å². The van der Waals surface area contributed by atoms with Crippen molar-refractivity contribution in [1.82, 2.24) is 0 Å². The Morgan fingerprint density at radius 1 is 0.864 bits per heavy atom. The molecule has 2 nitrogen and oxygen atoms in total. The summed E-state index contributed by atoms with van der Waals surface area (Å²) in [7, 11) is 0. The highest BCUT2D eigenvalue weighted by molar-refractivity contribution is 8.00. The second-order valence-electron chi connectivity index (χ2n) is 4.82. The maximum Gasteiger partial charge on any atom is 0.313 e. The second kappa shape index (κ2) is 17.6. The number of thioether (sulfide) groups is 1. The van der Waals surface area contributed by atoms with Crippen LogP contribution >= 0.6 is 11.8 Å². The SMILES string of the molecule is CCCCCCCCC#CCC#CCC#CCSCC(=O)O. The average Bonchev–Trinajstić information content (AvgIpc) is 2.50. The highest BCUT2D eigenvalue weighted by Gasteiger charge is 1.92. The predicted molar refractivity (Wildman–Crippen MR) is 95.5 cm³/mol. The van der Waals surface area contributed by atoms with E-state index in [4.69, 9.17) is 5.11 Å². The van der Waals surface area contributed by atoms with Crippen molar-refractivity contribution in [3.8, 4) is 35.5 Å². The standard InChI is InChI=1S/C19H26O2S/c1-2-3-4-5-6-7-8-9-10-11-12-13-14-15-16-17-22-18-19(20)21/h2-8,11,14,17-18H2,1H3,(H,20,21). The number of hydrogen-bond donors (Lipinski definition) is 1. The Morgan fingerprint density at radius 2 is 1.45 bits per heavy atom. The molecular formula is C19H26O2S. The smallest absolute Gasteiger partial charge is 0.313 e. The molecule has 0 bridgehead atoms. The van der Waals surface area contributed by atoms with Gasteiger partial charge < -0.3 is 5.11 Å². The fourth-order valence-corrected chi connectivity index (χ4v) is 2.14. The van der Waals surface area contributed by atoms with Gasteiger partial charge in [0, 0.05) is 6.42 Å². The third kappa shape index (κ3) is 18.5. The van der Waals surface area contributed by atoms with Gasteiger partial charge in [-0.2, -0.15) is 0 Å². The van der Waals surface area contributed by atoms with Crippen LogP contribution in [0.15, 0.2) is 0 Å². The Hall–Kier alpha value is -1.50. The van der Waals surface area contributed by atoms with Gasteiger partial charge in [0.05, 0.1) is 24.3 Å². The Kier molecular flexibility index (Phi) is 16.4. The summed E-state index contributed by atoms with van der Waals surface area (Å²) < 4.78 is 0. The molecule has 0 spiro atoms. The van der Waals surface area contributed by atoms with E-state index in [0.29, 0.717) is 18.6 Å². The molecule has 0 saturated heterocycles. The van der Waals surface area contributed by atoms with Crippen LogP contribution in [0.3, 0.4) is 0 Å². The van der Waals surface area contributed by atoms with Gasteiger partial charge in [-0.15, -0.1) is 17.7 Å². The maximum atomic E-state index is 10.3. The van der Waals surface area contributed by atoms with E-state index in [1.54, 1.807) is 0 Å². The molecular weight excluding hydrogens is 292 g/mol. The van der Waals surface area contributed by atoms with E-state index in [1.807, 2.05) is 0 Å². The van der Waals surface area contributed by atoms with Crippen LogP contribution in [-0.2, 0) is 4.79 Å². The number of carboxylic acid groups (broad SMARTS) is 1. The van der Waals surface area contributed by atoms with Gasteiger partial charge >= 0.3 is 5.97 Å². The third-order valence-corrected chi connectivity index (χ3v) is 3.58. The molecule has 0 aliphatic rings. The van der Waals surface area contributed by atoms with Crippen molar-refractivity contribution in [1.29, 1.82) is 0 Å². The fourth-order valence-electron chi connectivity index (χ4n) is 1.66. The van der Waals surface area contributed by atoms with Crippen molar-refractivity contribution in [2.45, 2.75) is 64.7 Å². The lowest BCUT2D eigenvalue weighted by Crippen LogP contribution is -1.97. The van der Waals surface area contributed by atoms with Gasteiger partial charge in [0.1, 0.15) is 0 Å². The van der Waals surface area contributed by atoms with E-state index in [1.165, 1.54) is 50.3 Å². The van der Waals surface area contributed by atoms with Crippen LogP contribution in [0.5, 0.6) is 0 Å². The third-order valence-electron chi connectivity index (χ3n) is 2.78. The van der Waals surface area contributed by atoms with E-state index in [-0.39, 0.29) is 5.75 Å². The van der Waals surface area contributed by atoms with E-state index in [0.717, 1.165) is 6.42 Å². The quantitative estimate of drug-likeness (QED) is 0.507. The molecule has 0 heterocycles. The molecule has 0 amide bonds. The molecule has 3 heteroatoms. The lowest BCUT2D eigenvalue weighted by Gasteiger charge is -1.96. The van der Waals surface area contributed by atoms with Crippen molar-refractivity contribution < 1.29 is 9.90 Å². The lowest BCUT2D eigenvalue weighted by molar-refractivity contribution is -0.133. The lowest BCUT2D eigenvalue weighted by atomic mass is 10.1. The number of aliphatic carboxylic acids is 1. The summed E-state index contributed by atoms with van der Waals surface area (Å²) in [5.74, 6) is 17.8. The van der Waals surface area contributed by atoms with Crippen molar-refractivity contribution >= 4 is 17.7 Å². The second-order valence-corrected chi connectivity index (χ2v) is 5.80. The zero-order chi connectivity index (χ0) is 16.3. The summed E-state index contributed by atoms with van der Waals surface area (Å²) >= 11 is 1.30. The van der Waals surface area contributed by atoms with Gasteiger partial charge in [-0.05, 0) is 6.42 Å². The summed E-state index contributed by atoms with van der Waals surface area (Å²) in [6, 6.07) is 0.